The van der Waals surface area contributed by atoms with Crippen molar-refractivity contribution in [1.29, 1.82) is 0 Å². The minimum absolute atomic E-state index is 0.838. The fourth-order valence-electron chi connectivity index (χ4n) is 0. The molecule has 0 heteroatoms. The van der Waals surface area contributed by atoms with Crippen molar-refractivity contribution in [3.8, 4) is 0 Å². The van der Waals surface area contributed by atoms with E-state index in [1.54, 1.807) is 13.8 Å². The lowest BCUT2D eigenvalue weighted by atomic mass is 10.3. The smallest absolute Gasteiger partial charge is 0.0273 e. The Labute approximate surface area is 37.7 Å². The zero-order valence-corrected chi connectivity index (χ0v) is 3.58. The van der Waals surface area contributed by atoms with Crippen molar-refractivity contribution in [3.05, 3.63) is 11.6 Å². The molecular formula is C5H10. The molecule has 0 unspecified atom stereocenters. The maximum absolute atomic E-state index is 6.72. The highest BCUT2D eigenvalue weighted by Gasteiger charge is 1.60. The summed E-state index contributed by atoms with van der Waals surface area (Å²) >= 11 is 0. The Kier molecular flexibility index (Phi) is 0.586. The molecule has 0 saturated carbocycles. The fourth-order valence-corrected chi connectivity index (χ4v) is 0. The molecule has 0 bridgehead atoms. The van der Waals surface area contributed by atoms with Crippen LogP contribution in [-0.4, -0.2) is 0 Å². The first-order valence-electron chi connectivity index (χ1n) is 3.08. The van der Waals surface area contributed by atoms with Crippen LogP contribution in [0.4, 0.5) is 0 Å². The van der Waals surface area contributed by atoms with Gasteiger partial charge in [0.15, 0.2) is 0 Å². The zero-order chi connectivity index (χ0) is 6.78. The number of hydrogen-bond donors (Lipinski definition) is 0. The summed E-state index contributed by atoms with van der Waals surface area (Å²) in [5.41, 5.74) is 0.838. The highest BCUT2D eigenvalue weighted by Crippen LogP contribution is 1.82. The molecule has 0 saturated heterocycles. The van der Waals surface area contributed by atoms with Crippen molar-refractivity contribution >= 4 is 0 Å². The van der Waals surface area contributed by atoms with Gasteiger partial charge in [-0.1, -0.05) is 11.6 Å². The van der Waals surface area contributed by atoms with Gasteiger partial charge in [0, 0.05) is 4.11 Å². The molecule has 0 aromatic rings. The molecule has 0 aromatic carbocycles. The second kappa shape index (κ2) is 2.01. The third-order valence-electron chi connectivity index (χ3n) is 0.289. The summed E-state index contributed by atoms with van der Waals surface area (Å²) in [6, 6.07) is 0. The lowest BCUT2D eigenvalue weighted by Gasteiger charge is -1.74. The van der Waals surface area contributed by atoms with Crippen LogP contribution in [0.3, 0.4) is 0 Å². The molecule has 0 atom stereocenters. The van der Waals surface area contributed by atoms with Crippen LogP contribution in [0.25, 0.3) is 0 Å². The molecule has 0 rings (SSSR count). The normalized spacial score (nSPS) is 18.4. The highest BCUT2D eigenvalue weighted by atomic mass is 13.7. The molecule has 0 nitrogen and oxygen atoms in total. The van der Waals surface area contributed by atoms with Gasteiger partial charge in [-0.15, -0.1) is 0 Å². The van der Waals surface area contributed by atoms with Gasteiger partial charge in [-0.25, -0.2) is 0 Å². The summed E-state index contributed by atoms with van der Waals surface area (Å²) in [4.78, 5) is 0. The van der Waals surface area contributed by atoms with Gasteiger partial charge in [-0.3, -0.25) is 0 Å². The topological polar surface area (TPSA) is 0 Å². The predicted octanol–water partition coefficient (Wildman–Crippen LogP) is 1.97. The Bertz CT molecular complexity index is 94.7. The molecular weight excluding hydrogens is 60.1 g/mol. The van der Waals surface area contributed by atoms with Gasteiger partial charge in [0.25, 0.3) is 0 Å². The summed E-state index contributed by atoms with van der Waals surface area (Å²) < 4.78 is 20.2. The van der Waals surface area contributed by atoms with Crippen molar-refractivity contribution in [3.63, 3.8) is 0 Å². The van der Waals surface area contributed by atoms with Crippen LogP contribution in [0.5, 0.6) is 0 Å². The maximum Gasteiger partial charge on any atom is 0.0273 e. The summed E-state index contributed by atoms with van der Waals surface area (Å²) in [7, 11) is 0. The SMILES string of the molecule is [2H]C([2H])([2H])C=C(C)C. The minimum Gasteiger partial charge on any atom is -0.0890 e. The largest absolute Gasteiger partial charge is 0.0890 e. The molecule has 0 aliphatic heterocycles. The van der Waals surface area contributed by atoms with Crippen LogP contribution in [0.2, 0.25) is 0 Å². The van der Waals surface area contributed by atoms with Gasteiger partial charge < -0.3 is 0 Å². The van der Waals surface area contributed by atoms with E-state index in [1.165, 1.54) is 6.08 Å². The lowest BCUT2D eigenvalue weighted by molar-refractivity contribution is 1.36. The first kappa shape index (κ1) is 1.46. The molecule has 0 aliphatic rings. The van der Waals surface area contributed by atoms with E-state index in [1.807, 2.05) is 0 Å². The molecule has 0 N–H and O–H groups in total. The van der Waals surface area contributed by atoms with Crippen molar-refractivity contribution in [2.45, 2.75) is 20.7 Å². The minimum atomic E-state index is -1.89. The average molecular weight is 73.2 g/mol. The van der Waals surface area contributed by atoms with Crippen LogP contribution in [0, 0.1) is 0 Å². The molecule has 30 valence electrons. The van der Waals surface area contributed by atoms with E-state index in [9.17, 15) is 0 Å². The predicted molar refractivity (Wildman–Crippen MR) is 25.1 cm³/mol. The third kappa shape index (κ3) is 3.74. The van der Waals surface area contributed by atoms with Crippen molar-refractivity contribution < 1.29 is 4.11 Å². The number of rotatable bonds is 0. The summed E-state index contributed by atoms with van der Waals surface area (Å²) in [6.07, 6.45) is 1.27. The Morgan fingerprint density at radius 3 is 2.40 bits per heavy atom. The van der Waals surface area contributed by atoms with Gasteiger partial charge in [-0.2, -0.15) is 0 Å². The second-order valence-corrected chi connectivity index (χ2v) is 1.22. The lowest BCUT2D eigenvalue weighted by Crippen LogP contribution is -1.52. The number of allylic oxidation sites excluding steroid dienone is 2. The number of hydrogen-bond acceptors (Lipinski definition) is 0. The van der Waals surface area contributed by atoms with Crippen LogP contribution in [0.15, 0.2) is 11.6 Å². The quantitative estimate of drug-likeness (QED) is 0.384. The monoisotopic (exact) mass is 73.1 g/mol. The van der Waals surface area contributed by atoms with E-state index in [4.69, 9.17) is 4.11 Å². The second-order valence-electron chi connectivity index (χ2n) is 1.22. The van der Waals surface area contributed by atoms with Crippen LogP contribution in [-0.2, 0) is 0 Å². The standard InChI is InChI=1S/C5H10/c1-4-5(2)3/h4H,1-3H3/i1D3. The van der Waals surface area contributed by atoms with Gasteiger partial charge in [0.05, 0.1) is 0 Å². The molecule has 5 heavy (non-hydrogen) atoms. The van der Waals surface area contributed by atoms with Crippen molar-refractivity contribution in [2.24, 2.45) is 0 Å². The van der Waals surface area contributed by atoms with E-state index in [0.29, 0.717) is 0 Å². The van der Waals surface area contributed by atoms with E-state index in [2.05, 4.69) is 0 Å². The Balaban J connectivity index is 3.89. The first-order chi connectivity index (χ1) is 3.42. The molecule has 0 amide bonds. The van der Waals surface area contributed by atoms with E-state index >= 15 is 0 Å². The molecule has 0 aromatic heterocycles. The molecule has 0 spiro atoms. The molecule has 0 heterocycles. The fraction of sp³-hybridized carbons (Fsp3) is 0.600. The average Bonchev–Trinajstić information content (AvgIpc) is 1.21. The van der Waals surface area contributed by atoms with E-state index < -0.39 is 6.85 Å². The van der Waals surface area contributed by atoms with Crippen LogP contribution in [0.1, 0.15) is 24.8 Å². The summed E-state index contributed by atoms with van der Waals surface area (Å²) in [5.74, 6) is 0. The molecule has 0 radical (unpaired) electrons. The summed E-state index contributed by atoms with van der Waals surface area (Å²) in [5, 5.41) is 0. The van der Waals surface area contributed by atoms with Crippen molar-refractivity contribution in [2.75, 3.05) is 0 Å². The van der Waals surface area contributed by atoms with E-state index in [0.717, 1.165) is 5.57 Å². The Morgan fingerprint density at radius 2 is 2.40 bits per heavy atom. The van der Waals surface area contributed by atoms with Crippen LogP contribution >= 0.6 is 0 Å². The maximum atomic E-state index is 6.72. The Morgan fingerprint density at radius 1 is 1.80 bits per heavy atom. The Hall–Kier alpha value is -0.260. The van der Waals surface area contributed by atoms with E-state index in [-0.39, 0.29) is 0 Å². The van der Waals surface area contributed by atoms with Crippen LogP contribution < -0.4 is 0 Å². The highest BCUT2D eigenvalue weighted by molar-refractivity contribution is 4.88. The first-order valence-corrected chi connectivity index (χ1v) is 1.58. The van der Waals surface area contributed by atoms with Crippen molar-refractivity contribution in [1.82, 2.24) is 0 Å². The molecule has 0 aliphatic carbocycles. The van der Waals surface area contributed by atoms with Gasteiger partial charge in [-0.05, 0) is 20.7 Å². The van der Waals surface area contributed by atoms with Gasteiger partial charge >= 0.3 is 0 Å². The zero-order valence-electron chi connectivity index (χ0n) is 6.58. The molecule has 0 fully saturated rings. The van der Waals surface area contributed by atoms with Gasteiger partial charge in [0.1, 0.15) is 0 Å². The summed E-state index contributed by atoms with van der Waals surface area (Å²) in [6.45, 7) is 1.65. The third-order valence-corrected chi connectivity index (χ3v) is 0.289. The van der Waals surface area contributed by atoms with Gasteiger partial charge in [0.2, 0.25) is 0 Å².